The van der Waals surface area contributed by atoms with Gasteiger partial charge in [0.1, 0.15) is 72.3 Å². The van der Waals surface area contributed by atoms with Crippen molar-refractivity contribution >= 4 is 119 Å². The Morgan fingerprint density at radius 3 is 1.24 bits per heavy atom. The second kappa shape index (κ2) is 42.3. The van der Waals surface area contributed by atoms with Crippen LogP contribution in [0.2, 0.25) is 15.1 Å². The molecule has 3 amide bonds. The van der Waals surface area contributed by atoms with Crippen molar-refractivity contribution in [3.63, 3.8) is 0 Å². The molecule has 10 aromatic rings. The van der Waals surface area contributed by atoms with E-state index in [0.717, 1.165) is 138 Å². The number of halogens is 9. The van der Waals surface area contributed by atoms with Gasteiger partial charge in [0.15, 0.2) is 17.5 Å². The molecule has 2 bridgehead atoms. The van der Waals surface area contributed by atoms with Crippen molar-refractivity contribution in [1.29, 1.82) is 0 Å². The molecule has 140 heavy (non-hydrogen) atoms. The summed E-state index contributed by atoms with van der Waals surface area (Å²) in [5.41, 5.74) is 8.93. The number of rotatable bonds is 22. The van der Waals surface area contributed by atoms with Gasteiger partial charge in [0.05, 0.1) is 57.3 Å². The lowest BCUT2D eigenvalue weighted by Gasteiger charge is -2.52. The molecule has 11 aliphatic rings. The zero-order valence-electron chi connectivity index (χ0n) is 78.1. The molecule has 27 nitrogen and oxygen atoms in total. The molecular weight excluding hydrogens is 1860 g/mol. The largest absolute Gasteiger partial charge is 0.462 e. The van der Waals surface area contributed by atoms with E-state index >= 15 is 0 Å². The highest BCUT2D eigenvalue weighted by Crippen LogP contribution is 2.47. The van der Waals surface area contributed by atoms with Crippen LogP contribution < -0.4 is 43.6 Å². The molecule has 0 radical (unpaired) electrons. The van der Waals surface area contributed by atoms with Crippen molar-refractivity contribution in [2.45, 2.75) is 126 Å². The van der Waals surface area contributed by atoms with Gasteiger partial charge in [-0.3, -0.25) is 29.1 Å². The quantitative estimate of drug-likeness (QED) is 0.0351. The lowest BCUT2D eigenvalue weighted by molar-refractivity contribution is -0.131. The van der Waals surface area contributed by atoms with Crippen molar-refractivity contribution in [1.82, 2.24) is 59.3 Å². The van der Waals surface area contributed by atoms with Crippen LogP contribution in [0.25, 0.3) is 46.9 Å². The highest BCUT2D eigenvalue weighted by Gasteiger charge is 2.47. The molecule has 1 saturated carbocycles. The highest BCUT2D eigenvalue weighted by molar-refractivity contribution is 6.38. The first-order chi connectivity index (χ1) is 67.7. The number of fused-ring (bicyclic) bond motifs is 9. The number of aromatic nitrogens is 6. The van der Waals surface area contributed by atoms with E-state index in [9.17, 15) is 40.7 Å². The monoisotopic (exact) mass is 1970 g/mol. The van der Waals surface area contributed by atoms with Crippen LogP contribution in [0, 0.1) is 43.1 Å². The van der Waals surface area contributed by atoms with Gasteiger partial charge in [0.2, 0.25) is 19.6 Å². The van der Waals surface area contributed by atoms with E-state index in [2.05, 4.69) is 105 Å². The number of piperidine rings is 3. The van der Waals surface area contributed by atoms with Crippen molar-refractivity contribution in [2.24, 2.45) is 5.92 Å². The molecule has 4 atom stereocenters. The number of carbonyl (C=O) groups excluding carboxylic acids is 3. The zero-order valence-corrected chi connectivity index (χ0v) is 80.4. The predicted molar refractivity (Wildman–Crippen MR) is 530 cm³/mol. The Morgan fingerprint density at radius 2 is 0.843 bits per heavy atom. The molecule has 728 valence electrons. The Hall–Kier alpha value is -12.8. The molecule has 10 aliphatic heterocycles. The highest BCUT2D eigenvalue weighted by atomic mass is 35.5. The molecule has 0 N–H and O–H groups in total. The molecule has 3 aromatic heterocycles. The fraction of sp³-hybridized carbons (Fsp3) is 0.423. The molecule has 0 unspecified atom stereocenters. The number of benzene rings is 7. The number of amides is 3. The molecule has 8 fully saturated rings. The Morgan fingerprint density at radius 1 is 0.443 bits per heavy atom. The Kier molecular flexibility index (Phi) is 29.4. The van der Waals surface area contributed by atoms with Gasteiger partial charge in [-0.25, -0.2) is 46.1 Å². The Bertz CT molecular complexity index is 6580. The van der Waals surface area contributed by atoms with E-state index in [4.69, 9.17) is 98.6 Å². The number of likely N-dealkylation sites (N-methyl/N-ethyl adjacent to an activating group) is 2. The summed E-state index contributed by atoms with van der Waals surface area (Å²) in [6.45, 7) is 43.4. The third-order valence-corrected chi connectivity index (χ3v) is 30.2. The van der Waals surface area contributed by atoms with Crippen LogP contribution in [0.1, 0.15) is 84.3 Å². The summed E-state index contributed by atoms with van der Waals surface area (Å²) in [6, 6.07) is 36.6. The van der Waals surface area contributed by atoms with Gasteiger partial charge in [0.25, 0.3) is 17.7 Å². The summed E-state index contributed by atoms with van der Waals surface area (Å²) in [5, 5.41) is 4.79. The number of hydrogen-bond donors (Lipinski definition) is 0. The molecule has 36 heteroatoms. The minimum absolute atomic E-state index is 0.0251. The number of ether oxygens (including phenoxy) is 3. The minimum atomic E-state index is -1.04. The summed E-state index contributed by atoms with van der Waals surface area (Å²) in [5.74, 6) is -4.00. The maximum absolute atomic E-state index is 14.7. The molecule has 0 spiro atoms. The van der Waals surface area contributed by atoms with Gasteiger partial charge in [-0.1, -0.05) is 146 Å². The summed E-state index contributed by atoms with van der Waals surface area (Å²) < 4.78 is 104. The van der Waals surface area contributed by atoms with Crippen LogP contribution in [0.5, 0.6) is 18.0 Å². The smallest absolute Gasteiger partial charge is 0.319 e. The first-order valence-electron chi connectivity index (χ1n) is 47.6. The summed E-state index contributed by atoms with van der Waals surface area (Å²) in [6.07, 6.45) is 9.59. The molecule has 13 heterocycles. The van der Waals surface area contributed by atoms with Crippen LogP contribution >= 0.6 is 34.8 Å². The minimum Gasteiger partial charge on any atom is -0.462 e. The van der Waals surface area contributed by atoms with Crippen LogP contribution in [-0.2, 0) is 59.8 Å². The number of likely N-dealkylation sites (tertiary alicyclic amines) is 2. The van der Waals surface area contributed by atoms with Crippen LogP contribution in [-0.4, -0.2) is 264 Å². The van der Waals surface area contributed by atoms with Crippen LogP contribution in [0.4, 0.5) is 60.9 Å². The van der Waals surface area contributed by atoms with Crippen molar-refractivity contribution < 1.29 is 54.9 Å². The van der Waals surface area contributed by atoms with Gasteiger partial charge >= 0.3 is 18.0 Å². The summed E-state index contributed by atoms with van der Waals surface area (Å²) in [4.78, 5) is 102. The standard InChI is InChI=1S/C39H40ClF2N7O2.C35H38ClF2N7O2.C30H30ClF2N7O2/c1-26(41)38(50)49-20-19-48(23-30(49)21-43-2)37-31-16-18-47(34-13-8-11-28-14-15-32(42)36(40)35(28)34)24-33(31)44-39(45-37)51-25-29-12-6-7-17-46(29)22-27-9-4-3-5-10-27;1-22(37)33(46)45-16-15-44(19-25(45)17-39-2)32-26-11-14-43(29-6-4-5-24-7-8-27(38)31(36)30(24)29)20-28(26)40-34(41-32)47-21-35-12-9-23(10-13-35)18-42(35)3;1-18(32)29(41)40-12-11-39(14-20(40)13-34-2)28-22-9-10-38(17-24(22)35-30(36-28)42-21-15-37(3)16-21)25-6-4-5-19-7-8-23(33)27(31)26(19)25/h3-5,8-11,13-15,29-30H,1,6-7,12,16-25H2;4-8,23,25H,1,9-21H2,3H3;4-8,20-21H,1,9-17H2,3H3/t29-,30-;23?,25-,35?;20-/m000/s1. The van der Waals surface area contributed by atoms with Gasteiger partial charge < -0.3 is 72.8 Å². The number of piperazine rings is 3. The fourth-order valence-corrected chi connectivity index (χ4v) is 22.5. The molecule has 7 aromatic carbocycles. The van der Waals surface area contributed by atoms with Crippen LogP contribution in [0.3, 0.4) is 0 Å². The SMILES string of the molecule is [C-]#[N+]C[C@H]1CN(c2nc(OC3CN(C)C3)nc3c2CCN(c2cccc4ccc(F)c(Cl)c24)C3)CCN1C(=O)C(=C)F.[C-]#[N+]C[C@H]1CN(c2nc(OCC34CCC(CC3)CN4C)nc3c2CCN(c2cccc4ccc(F)c(Cl)c24)C3)CCN1C(=O)C(=C)F.[C-]#[N+]C[C@H]1CN(c2nc(OC[C@@H]3CCCCN3Cc3ccccc3)nc3c2CCN(c2cccc4ccc(F)c(Cl)c24)C3)CCN1C(=O)C(=C)F. The third-order valence-electron chi connectivity index (χ3n) is 29.1. The zero-order chi connectivity index (χ0) is 97.9. The van der Waals surface area contributed by atoms with E-state index in [1.807, 2.05) is 72.6 Å². The Balaban J connectivity index is 0.000000140. The molecule has 7 saturated heterocycles. The number of nitrogens with zero attached hydrogens (tertiary/aromatic N) is 21. The first kappa shape index (κ1) is 97.4. The van der Waals surface area contributed by atoms with Crippen molar-refractivity contribution in [3.05, 3.63) is 265 Å². The maximum Gasteiger partial charge on any atom is 0.319 e. The van der Waals surface area contributed by atoms with E-state index in [1.165, 1.54) is 51.3 Å². The lowest BCUT2D eigenvalue weighted by Crippen LogP contribution is -2.59. The number of hydrogen-bond acceptors (Lipinski definition) is 21. The molecular formula is C104H108Cl3F6N21O6. The first-order valence-corrected chi connectivity index (χ1v) is 48.7. The van der Waals surface area contributed by atoms with E-state index in [-0.39, 0.29) is 90.1 Å². The summed E-state index contributed by atoms with van der Waals surface area (Å²) in [7, 11) is 4.19. The topological polar surface area (TPSA) is 208 Å². The van der Waals surface area contributed by atoms with Crippen molar-refractivity contribution in [3.8, 4) is 18.0 Å². The summed E-state index contributed by atoms with van der Waals surface area (Å²) >= 11 is 19.5. The molecule has 1 aliphatic carbocycles. The second-order valence-electron chi connectivity index (χ2n) is 37.7. The third kappa shape index (κ3) is 20.5. The normalized spacial score (nSPS) is 21.0. The van der Waals surface area contributed by atoms with Gasteiger partial charge in [0, 0.05) is 161 Å². The van der Waals surface area contributed by atoms with E-state index in [0.29, 0.717) is 145 Å². The average Bonchev–Trinajstić information content (AvgIpc) is 0.763. The Labute approximate surface area is 824 Å². The lowest BCUT2D eigenvalue weighted by atomic mass is 9.71. The van der Waals surface area contributed by atoms with Gasteiger partial charge in [-0.15, -0.1) is 0 Å². The van der Waals surface area contributed by atoms with Gasteiger partial charge in [-0.05, 0) is 142 Å². The molecule has 21 rings (SSSR count). The van der Waals surface area contributed by atoms with Crippen LogP contribution in [0.15, 0.2) is 159 Å². The van der Waals surface area contributed by atoms with E-state index in [1.54, 1.807) is 18.2 Å². The predicted octanol–water partition coefficient (Wildman–Crippen LogP) is 16.6. The van der Waals surface area contributed by atoms with Gasteiger partial charge in [-0.2, -0.15) is 29.9 Å². The van der Waals surface area contributed by atoms with Crippen molar-refractivity contribution in [2.75, 3.05) is 181 Å². The fourth-order valence-electron chi connectivity index (χ4n) is 21.7. The van der Waals surface area contributed by atoms with E-state index < -0.39 is 70.8 Å². The number of carbonyl (C=O) groups is 3. The maximum atomic E-state index is 14.7. The number of anilines is 6. The second-order valence-corrected chi connectivity index (χ2v) is 38.9. The average molecular weight is 1970 g/mol.